The molecular formula is C19H22N6. The average Bonchev–Trinajstić information content (AvgIpc) is 2.66. The Morgan fingerprint density at radius 2 is 2.04 bits per heavy atom. The van der Waals surface area contributed by atoms with Crippen molar-refractivity contribution in [1.82, 2.24) is 20.3 Å². The van der Waals surface area contributed by atoms with Gasteiger partial charge in [-0.2, -0.15) is 0 Å². The highest BCUT2D eigenvalue weighted by Crippen LogP contribution is 2.26. The van der Waals surface area contributed by atoms with Gasteiger partial charge in [0.1, 0.15) is 0 Å². The van der Waals surface area contributed by atoms with Gasteiger partial charge in [0.2, 0.25) is 0 Å². The molecule has 1 aliphatic rings. The van der Waals surface area contributed by atoms with Crippen molar-refractivity contribution in [3.05, 3.63) is 54.6 Å². The predicted octanol–water partition coefficient (Wildman–Crippen LogP) is 2.43. The van der Waals surface area contributed by atoms with Crippen molar-refractivity contribution >= 4 is 22.4 Å². The number of anilines is 2. The lowest BCUT2D eigenvalue weighted by Crippen LogP contribution is -2.49. The predicted molar refractivity (Wildman–Crippen MR) is 101 cm³/mol. The van der Waals surface area contributed by atoms with Crippen molar-refractivity contribution in [3.8, 4) is 0 Å². The Bertz CT molecular complexity index is 865. The van der Waals surface area contributed by atoms with Gasteiger partial charge >= 0.3 is 0 Å². The highest BCUT2D eigenvalue weighted by atomic mass is 15.2. The molecule has 2 N–H and O–H groups in total. The van der Waals surface area contributed by atoms with Gasteiger partial charge in [-0.25, -0.2) is 0 Å². The summed E-state index contributed by atoms with van der Waals surface area (Å²) in [6.07, 6.45) is 7.21. The zero-order chi connectivity index (χ0) is 17.1. The highest BCUT2D eigenvalue weighted by molar-refractivity contribution is 5.75. The van der Waals surface area contributed by atoms with Crippen molar-refractivity contribution in [2.75, 3.05) is 29.9 Å². The summed E-state index contributed by atoms with van der Waals surface area (Å²) in [4.78, 5) is 15.4. The first-order valence-corrected chi connectivity index (χ1v) is 8.65. The molecule has 1 fully saturated rings. The van der Waals surface area contributed by atoms with Gasteiger partial charge in [0.15, 0.2) is 0 Å². The molecule has 0 aliphatic carbocycles. The second-order valence-corrected chi connectivity index (χ2v) is 6.43. The Morgan fingerprint density at radius 1 is 1.16 bits per heavy atom. The molecule has 1 saturated heterocycles. The number of nitrogens with zero attached hydrogens (tertiary/aromatic N) is 4. The van der Waals surface area contributed by atoms with Gasteiger partial charge in [0.25, 0.3) is 0 Å². The van der Waals surface area contributed by atoms with Crippen LogP contribution in [0, 0.1) is 0 Å². The Kier molecular flexibility index (Phi) is 4.43. The number of rotatable bonds is 4. The van der Waals surface area contributed by atoms with Crippen molar-refractivity contribution < 1.29 is 0 Å². The number of pyridine rings is 1. The number of nitrogens with one attached hydrogen (secondary N) is 2. The maximum absolute atomic E-state index is 4.38. The lowest BCUT2D eigenvalue weighted by molar-refractivity contribution is 0.485. The first-order chi connectivity index (χ1) is 12.3. The largest absolute Gasteiger partial charge is 0.378 e. The summed E-state index contributed by atoms with van der Waals surface area (Å²) in [5, 5.41) is 7.02. The molecule has 0 bridgehead atoms. The van der Waals surface area contributed by atoms with E-state index in [-0.39, 0.29) is 0 Å². The molecule has 25 heavy (non-hydrogen) atoms. The van der Waals surface area contributed by atoms with Gasteiger partial charge in [-0.05, 0) is 30.7 Å². The van der Waals surface area contributed by atoms with Crippen LogP contribution >= 0.6 is 0 Å². The van der Waals surface area contributed by atoms with Crippen LogP contribution < -0.4 is 15.5 Å². The number of piperazine rings is 1. The van der Waals surface area contributed by atoms with Crippen LogP contribution in [0.2, 0.25) is 0 Å². The lowest BCUT2D eigenvalue weighted by Gasteiger charge is -2.34. The molecule has 4 rings (SSSR count). The van der Waals surface area contributed by atoms with Crippen LogP contribution in [-0.2, 0) is 6.54 Å². The summed E-state index contributed by atoms with van der Waals surface area (Å²) in [5.74, 6) is 0. The van der Waals surface area contributed by atoms with E-state index < -0.39 is 0 Å². The first-order valence-electron chi connectivity index (χ1n) is 8.65. The second kappa shape index (κ2) is 7.03. The third-order valence-corrected chi connectivity index (χ3v) is 4.52. The van der Waals surface area contributed by atoms with Crippen molar-refractivity contribution in [1.29, 1.82) is 0 Å². The van der Waals surface area contributed by atoms with E-state index in [0.717, 1.165) is 42.9 Å². The summed E-state index contributed by atoms with van der Waals surface area (Å²) >= 11 is 0. The van der Waals surface area contributed by atoms with E-state index >= 15 is 0 Å². The molecule has 3 heterocycles. The van der Waals surface area contributed by atoms with Crippen LogP contribution in [0.25, 0.3) is 11.0 Å². The summed E-state index contributed by atoms with van der Waals surface area (Å²) in [6.45, 7) is 5.97. The molecule has 1 atom stereocenters. The molecule has 6 heteroatoms. The van der Waals surface area contributed by atoms with Gasteiger partial charge in [-0.1, -0.05) is 6.07 Å². The summed E-state index contributed by atoms with van der Waals surface area (Å²) < 4.78 is 0. The van der Waals surface area contributed by atoms with Crippen LogP contribution in [0.5, 0.6) is 0 Å². The van der Waals surface area contributed by atoms with E-state index in [1.54, 1.807) is 12.4 Å². The van der Waals surface area contributed by atoms with Crippen LogP contribution in [0.15, 0.2) is 49.1 Å². The molecule has 0 amide bonds. The molecule has 6 nitrogen and oxygen atoms in total. The second-order valence-electron chi connectivity index (χ2n) is 6.43. The normalized spacial score (nSPS) is 17.6. The number of fused-ring (bicyclic) bond motifs is 1. The van der Waals surface area contributed by atoms with E-state index in [2.05, 4.69) is 55.6 Å². The fourth-order valence-electron chi connectivity index (χ4n) is 3.27. The third kappa shape index (κ3) is 3.53. The monoisotopic (exact) mass is 334 g/mol. The van der Waals surface area contributed by atoms with Gasteiger partial charge in [-0.15, -0.1) is 0 Å². The number of hydrogen-bond acceptors (Lipinski definition) is 6. The van der Waals surface area contributed by atoms with Crippen molar-refractivity contribution in [3.63, 3.8) is 0 Å². The molecular weight excluding hydrogens is 312 g/mol. The minimum absolute atomic E-state index is 0.494. The topological polar surface area (TPSA) is 66.0 Å². The quantitative estimate of drug-likeness (QED) is 0.764. The lowest BCUT2D eigenvalue weighted by atomic mass is 10.1. The average molecular weight is 334 g/mol. The van der Waals surface area contributed by atoms with Crippen molar-refractivity contribution in [2.24, 2.45) is 0 Å². The maximum Gasteiger partial charge on any atom is 0.0890 e. The van der Waals surface area contributed by atoms with Gasteiger partial charge in [0.05, 0.1) is 28.6 Å². The summed E-state index contributed by atoms with van der Waals surface area (Å²) in [6, 6.07) is 8.77. The standard InChI is InChI=1S/C19H22N6/c1-14-13-25(9-8-21-14)19-4-5-20-12-18(19)24-11-15-2-3-16-17(10-15)23-7-6-22-16/h2-7,10,12,14,21,24H,8-9,11,13H2,1H3. The molecule has 0 spiro atoms. The van der Waals surface area contributed by atoms with Gasteiger partial charge < -0.3 is 15.5 Å². The summed E-state index contributed by atoms with van der Waals surface area (Å²) in [7, 11) is 0. The molecule has 1 aliphatic heterocycles. The SMILES string of the molecule is CC1CN(c2ccncc2NCc2ccc3nccnc3c2)CCN1. The minimum Gasteiger partial charge on any atom is -0.378 e. The van der Waals surface area contributed by atoms with E-state index in [0.29, 0.717) is 6.04 Å². The Labute approximate surface area is 147 Å². The molecule has 3 aromatic rings. The van der Waals surface area contributed by atoms with Crippen LogP contribution in [0.4, 0.5) is 11.4 Å². The molecule has 0 saturated carbocycles. The molecule has 0 radical (unpaired) electrons. The molecule has 128 valence electrons. The highest BCUT2D eigenvalue weighted by Gasteiger charge is 2.18. The zero-order valence-electron chi connectivity index (χ0n) is 14.3. The number of aromatic nitrogens is 3. The van der Waals surface area contributed by atoms with Crippen molar-refractivity contribution in [2.45, 2.75) is 19.5 Å². The van der Waals surface area contributed by atoms with E-state index in [4.69, 9.17) is 0 Å². The fourth-order valence-corrected chi connectivity index (χ4v) is 3.27. The smallest absolute Gasteiger partial charge is 0.0890 e. The third-order valence-electron chi connectivity index (χ3n) is 4.52. The van der Waals surface area contributed by atoms with E-state index in [9.17, 15) is 0 Å². The van der Waals surface area contributed by atoms with Gasteiger partial charge in [0, 0.05) is 50.8 Å². The maximum atomic E-state index is 4.38. The molecule has 1 unspecified atom stereocenters. The molecule has 1 aromatic carbocycles. The van der Waals surface area contributed by atoms with Crippen LogP contribution in [-0.4, -0.2) is 40.6 Å². The Hall–Kier alpha value is -2.73. The minimum atomic E-state index is 0.494. The Morgan fingerprint density at radius 3 is 2.92 bits per heavy atom. The first kappa shape index (κ1) is 15.8. The Balaban J connectivity index is 1.52. The van der Waals surface area contributed by atoms with E-state index in [1.807, 2.05) is 18.5 Å². The number of hydrogen-bond donors (Lipinski definition) is 2. The summed E-state index contributed by atoms with van der Waals surface area (Å²) in [5.41, 5.74) is 5.29. The van der Waals surface area contributed by atoms with Crippen LogP contribution in [0.1, 0.15) is 12.5 Å². The van der Waals surface area contributed by atoms with Crippen LogP contribution in [0.3, 0.4) is 0 Å². The number of benzene rings is 1. The molecule has 2 aromatic heterocycles. The zero-order valence-corrected chi connectivity index (χ0v) is 14.3. The van der Waals surface area contributed by atoms with E-state index in [1.165, 1.54) is 11.3 Å². The van der Waals surface area contributed by atoms with Gasteiger partial charge in [-0.3, -0.25) is 15.0 Å². The fraction of sp³-hybridized carbons (Fsp3) is 0.316.